The van der Waals surface area contributed by atoms with Crippen LogP contribution in [-0.4, -0.2) is 48.0 Å². The summed E-state index contributed by atoms with van der Waals surface area (Å²) >= 11 is 5.76. The maximum absolute atomic E-state index is 11.6. The van der Waals surface area contributed by atoms with Crippen LogP contribution in [0.1, 0.15) is 29.5 Å². The molecule has 7 nitrogen and oxygen atoms in total. The molecule has 19 heavy (non-hydrogen) atoms. The van der Waals surface area contributed by atoms with E-state index in [4.69, 9.17) is 16.3 Å². The van der Waals surface area contributed by atoms with E-state index in [0.29, 0.717) is 18.7 Å². The van der Waals surface area contributed by atoms with Crippen molar-refractivity contribution in [1.82, 2.24) is 15.0 Å². The quantitative estimate of drug-likeness (QED) is 0.542. The number of carbonyl (C=O) groups is 1. The van der Waals surface area contributed by atoms with E-state index >= 15 is 0 Å². The number of carbonyl (C=O) groups excluding carboxylic acids is 1. The Balaban J connectivity index is 2.77. The average molecular weight is 310 g/mol. The summed E-state index contributed by atoms with van der Waals surface area (Å²) in [5, 5.41) is 7.52. The van der Waals surface area contributed by atoms with Gasteiger partial charge < -0.3 is 4.74 Å². The first-order valence-electron chi connectivity index (χ1n) is 5.72. The number of esters is 1. The molecule has 0 N–H and O–H groups in total. The molecule has 0 spiro atoms. The van der Waals surface area contributed by atoms with Crippen LogP contribution >= 0.6 is 11.6 Å². The van der Waals surface area contributed by atoms with Gasteiger partial charge >= 0.3 is 5.97 Å². The molecule has 1 aromatic rings. The first-order chi connectivity index (χ1) is 8.89. The summed E-state index contributed by atoms with van der Waals surface area (Å²) in [6.07, 6.45) is 1.55. The van der Waals surface area contributed by atoms with Crippen LogP contribution < -0.4 is 0 Å². The van der Waals surface area contributed by atoms with E-state index in [2.05, 4.69) is 10.3 Å². The molecule has 0 atom stereocenters. The number of sulfone groups is 1. The molecule has 1 aromatic heterocycles. The molecule has 0 unspecified atom stereocenters. The second-order valence-electron chi connectivity index (χ2n) is 3.95. The minimum atomic E-state index is -3.02. The third-order valence-corrected chi connectivity index (χ3v) is 3.60. The van der Waals surface area contributed by atoms with Crippen molar-refractivity contribution in [3.63, 3.8) is 0 Å². The lowest BCUT2D eigenvalue weighted by molar-refractivity contribution is 0.0518. The zero-order chi connectivity index (χ0) is 14.5. The molecule has 0 aromatic carbocycles. The van der Waals surface area contributed by atoms with Gasteiger partial charge in [-0.2, -0.15) is 0 Å². The van der Waals surface area contributed by atoms with E-state index < -0.39 is 15.8 Å². The number of aryl methyl sites for hydroxylation is 1. The van der Waals surface area contributed by atoms with Crippen molar-refractivity contribution in [3.8, 4) is 0 Å². The van der Waals surface area contributed by atoms with Crippen LogP contribution in [0.3, 0.4) is 0 Å². The van der Waals surface area contributed by atoms with E-state index in [0.717, 1.165) is 0 Å². The van der Waals surface area contributed by atoms with Crippen LogP contribution in [0.5, 0.6) is 0 Å². The van der Waals surface area contributed by atoms with E-state index in [9.17, 15) is 13.2 Å². The van der Waals surface area contributed by atoms with Crippen molar-refractivity contribution in [2.75, 3.05) is 18.6 Å². The monoisotopic (exact) mass is 309 g/mol. The van der Waals surface area contributed by atoms with Gasteiger partial charge in [0.1, 0.15) is 9.84 Å². The molecule has 0 bridgehead atoms. The van der Waals surface area contributed by atoms with Crippen molar-refractivity contribution >= 4 is 27.4 Å². The predicted octanol–water partition coefficient (Wildman–Crippen LogP) is 0.628. The van der Waals surface area contributed by atoms with Gasteiger partial charge in [0.15, 0.2) is 5.69 Å². The summed E-state index contributed by atoms with van der Waals surface area (Å²) in [4.78, 5) is 11.6. The topological polar surface area (TPSA) is 91.2 Å². The van der Waals surface area contributed by atoms with Gasteiger partial charge in [-0.15, -0.1) is 16.7 Å². The molecule has 9 heteroatoms. The number of rotatable bonds is 7. The van der Waals surface area contributed by atoms with Crippen LogP contribution in [0.15, 0.2) is 0 Å². The molecule has 0 amide bonds. The van der Waals surface area contributed by atoms with Crippen LogP contribution in [0.2, 0.25) is 0 Å². The molecule has 0 saturated heterocycles. The third-order valence-electron chi connectivity index (χ3n) is 2.32. The highest BCUT2D eigenvalue weighted by Crippen LogP contribution is 2.11. The lowest BCUT2D eigenvalue weighted by atomic mass is 10.3. The van der Waals surface area contributed by atoms with Gasteiger partial charge in [-0.05, 0) is 13.3 Å². The lowest BCUT2D eigenvalue weighted by Gasteiger charge is -2.04. The summed E-state index contributed by atoms with van der Waals surface area (Å²) in [5.41, 5.74) is 0.518. The van der Waals surface area contributed by atoms with Crippen molar-refractivity contribution in [3.05, 3.63) is 11.4 Å². The first-order valence-corrected chi connectivity index (χ1v) is 8.31. The van der Waals surface area contributed by atoms with Gasteiger partial charge in [0.2, 0.25) is 0 Å². The fourth-order valence-corrected chi connectivity index (χ4v) is 2.40. The van der Waals surface area contributed by atoms with Gasteiger partial charge in [0, 0.05) is 12.8 Å². The summed E-state index contributed by atoms with van der Waals surface area (Å²) in [6, 6.07) is 0. The minimum absolute atomic E-state index is 0.0450. The molecular weight excluding hydrogens is 294 g/mol. The van der Waals surface area contributed by atoms with Crippen LogP contribution in [0.4, 0.5) is 0 Å². The van der Waals surface area contributed by atoms with Crippen LogP contribution in [0, 0.1) is 0 Å². The van der Waals surface area contributed by atoms with Gasteiger partial charge in [-0.25, -0.2) is 17.9 Å². The molecule has 0 aliphatic heterocycles. The Morgan fingerprint density at radius 3 is 2.68 bits per heavy atom. The molecule has 0 aliphatic rings. The Kier molecular flexibility index (Phi) is 5.74. The van der Waals surface area contributed by atoms with Gasteiger partial charge in [0.25, 0.3) is 0 Å². The van der Waals surface area contributed by atoms with Gasteiger partial charge in [-0.3, -0.25) is 0 Å². The van der Waals surface area contributed by atoms with Crippen molar-refractivity contribution in [2.24, 2.45) is 0 Å². The second kappa shape index (κ2) is 6.85. The largest absolute Gasteiger partial charge is 0.461 e. The fourth-order valence-electron chi connectivity index (χ4n) is 1.48. The minimum Gasteiger partial charge on any atom is -0.461 e. The summed E-state index contributed by atoms with van der Waals surface area (Å²) in [5.74, 6) is -0.476. The van der Waals surface area contributed by atoms with E-state index in [-0.39, 0.29) is 23.9 Å². The molecule has 108 valence electrons. The Bertz CT molecular complexity index is 541. The van der Waals surface area contributed by atoms with E-state index in [1.165, 1.54) is 10.9 Å². The number of hydrogen-bond acceptors (Lipinski definition) is 6. The van der Waals surface area contributed by atoms with Crippen LogP contribution in [0.25, 0.3) is 0 Å². The van der Waals surface area contributed by atoms with Gasteiger partial charge in [0.05, 0.1) is 23.9 Å². The zero-order valence-electron chi connectivity index (χ0n) is 10.8. The highest BCUT2D eigenvalue weighted by molar-refractivity contribution is 7.90. The molecule has 0 radical (unpaired) electrons. The Labute approximate surface area is 116 Å². The number of ether oxygens (including phenoxy) is 1. The van der Waals surface area contributed by atoms with E-state index in [1.807, 2.05) is 0 Å². The number of alkyl halides is 1. The number of aromatic nitrogens is 3. The maximum atomic E-state index is 11.6. The first kappa shape index (κ1) is 15.9. The molecule has 0 fully saturated rings. The lowest BCUT2D eigenvalue weighted by Crippen LogP contribution is -2.12. The molecule has 1 rings (SSSR count). The molecule has 0 saturated carbocycles. The molecule has 0 aliphatic carbocycles. The Morgan fingerprint density at radius 2 is 2.16 bits per heavy atom. The normalized spacial score (nSPS) is 11.5. The van der Waals surface area contributed by atoms with Crippen molar-refractivity contribution < 1.29 is 17.9 Å². The Morgan fingerprint density at radius 1 is 1.47 bits per heavy atom. The Hall–Kier alpha value is -1.15. The van der Waals surface area contributed by atoms with Crippen molar-refractivity contribution in [1.29, 1.82) is 0 Å². The summed E-state index contributed by atoms with van der Waals surface area (Å²) < 4.78 is 28.3. The number of nitrogens with zero attached hydrogens (tertiary/aromatic N) is 3. The number of halogens is 1. The number of hydrogen-bond donors (Lipinski definition) is 0. The smallest absolute Gasteiger partial charge is 0.360 e. The average Bonchev–Trinajstić information content (AvgIpc) is 2.70. The van der Waals surface area contributed by atoms with E-state index in [1.54, 1.807) is 6.92 Å². The highest BCUT2D eigenvalue weighted by atomic mass is 35.5. The zero-order valence-corrected chi connectivity index (χ0v) is 12.4. The third kappa shape index (κ3) is 4.79. The maximum Gasteiger partial charge on any atom is 0.360 e. The van der Waals surface area contributed by atoms with Gasteiger partial charge in [-0.1, -0.05) is 5.21 Å². The SMILES string of the molecule is CCOC(=O)c1nnn(CCCS(C)(=O)=O)c1CCl. The summed E-state index contributed by atoms with van der Waals surface area (Å²) in [7, 11) is -3.02. The van der Waals surface area contributed by atoms with Crippen molar-refractivity contribution in [2.45, 2.75) is 25.8 Å². The predicted molar refractivity (Wildman–Crippen MR) is 69.9 cm³/mol. The standard InChI is InChI=1S/C10H16ClN3O4S/c1-3-18-10(15)9-8(7-11)14(13-12-9)5-4-6-19(2,16)17/h3-7H2,1-2H3. The molecule has 1 heterocycles. The highest BCUT2D eigenvalue weighted by Gasteiger charge is 2.20. The van der Waals surface area contributed by atoms with Crippen LogP contribution in [-0.2, 0) is 27.0 Å². The summed E-state index contributed by atoms with van der Waals surface area (Å²) in [6.45, 7) is 2.26. The second-order valence-corrected chi connectivity index (χ2v) is 6.47. The fraction of sp³-hybridized carbons (Fsp3) is 0.700. The molecular formula is C10H16ClN3O4S.